The van der Waals surface area contributed by atoms with E-state index in [1.54, 1.807) is 0 Å². The predicted molar refractivity (Wildman–Crippen MR) is 84.3 cm³/mol. The maximum absolute atomic E-state index is 4.46. The fourth-order valence-electron chi connectivity index (χ4n) is 1.69. The van der Waals surface area contributed by atoms with Crippen molar-refractivity contribution in [2.75, 3.05) is 0 Å². The first kappa shape index (κ1) is 18.7. The summed E-state index contributed by atoms with van der Waals surface area (Å²) < 4.78 is 2.03. The molecule has 0 bridgehead atoms. The van der Waals surface area contributed by atoms with Gasteiger partial charge in [-0.15, -0.1) is 0 Å². The monoisotopic (exact) mass is 255 g/mol. The van der Waals surface area contributed by atoms with Crippen molar-refractivity contribution < 1.29 is 0 Å². The second-order valence-electron chi connectivity index (χ2n) is 3.23. The lowest BCUT2D eigenvalue weighted by Crippen LogP contribution is -2.18. The van der Waals surface area contributed by atoms with E-state index >= 15 is 0 Å². The molecule has 1 aliphatic heterocycles. The fraction of sp³-hybridized carbons (Fsp3) is 0.600. The maximum Gasteiger partial charge on any atom is 0.0497 e. The first-order valence-electron chi connectivity index (χ1n) is 6.71. The summed E-state index contributed by atoms with van der Waals surface area (Å²) in [6, 6.07) is 0.530. The van der Waals surface area contributed by atoms with Gasteiger partial charge in [0.25, 0.3) is 0 Å². The van der Waals surface area contributed by atoms with Gasteiger partial charge >= 0.3 is 0 Å². The molecule has 100 valence electrons. The zero-order valence-electron chi connectivity index (χ0n) is 12.3. The van der Waals surface area contributed by atoms with E-state index in [4.69, 9.17) is 0 Å². The van der Waals surface area contributed by atoms with Crippen LogP contribution in [0.5, 0.6) is 0 Å². The van der Waals surface area contributed by atoms with Gasteiger partial charge in [-0.3, -0.25) is 0 Å². The lowest BCUT2D eigenvalue weighted by molar-refractivity contribution is 0.452. The van der Waals surface area contributed by atoms with Crippen LogP contribution in [0.1, 0.15) is 54.4 Å². The molecule has 2 heteroatoms. The third-order valence-corrected chi connectivity index (χ3v) is 2.95. The van der Waals surface area contributed by atoms with Crippen LogP contribution in [-0.2, 0) is 0 Å². The van der Waals surface area contributed by atoms with Gasteiger partial charge in [-0.05, 0) is 31.4 Å². The summed E-state index contributed by atoms with van der Waals surface area (Å²) in [4.78, 5) is 0. The standard InChI is InChI=1S/C11H17NS.2C2H6/c1-4-7-9-8-10(5-2)12(13)11(9)6-3;2*1-2/h4,6-7,10,13H,3,5,8H2,1-2H3;2*1-2H3/b7-4-;;. The van der Waals surface area contributed by atoms with E-state index < -0.39 is 0 Å². The molecule has 0 amide bonds. The topological polar surface area (TPSA) is 3.24 Å². The van der Waals surface area contributed by atoms with E-state index in [0.29, 0.717) is 6.04 Å². The number of thiol groups is 1. The van der Waals surface area contributed by atoms with Crippen LogP contribution in [0.3, 0.4) is 0 Å². The number of hydrogen-bond acceptors (Lipinski definition) is 2. The van der Waals surface area contributed by atoms with Crippen molar-refractivity contribution in [2.45, 2.75) is 60.4 Å². The first-order valence-corrected chi connectivity index (χ1v) is 7.11. The van der Waals surface area contributed by atoms with Crippen molar-refractivity contribution in [1.29, 1.82) is 0 Å². The molecule has 0 saturated carbocycles. The average molecular weight is 255 g/mol. The second-order valence-corrected chi connectivity index (χ2v) is 3.66. The van der Waals surface area contributed by atoms with Gasteiger partial charge in [0.2, 0.25) is 0 Å². The highest BCUT2D eigenvalue weighted by Crippen LogP contribution is 2.33. The summed E-state index contributed by atoms with van der Waals surface area (Å²) in [6.07, 6.45) is 8.32. The molecule has 0 aromatic heterocycles. The van der Waals surface area contributed by atoms with E-state index in [2.05, 4.69) is 38.5 Å². The summed E-state index contributed by atoms with van der Waals surface area (Å²) in [5.74, 6) is 0. The number of allylic oxidation sites excluding steroid dienone is 3. The van der Waals surface area contributed by atoms with Gasteiger partial charge < -0.3 is 4.31 Å². The van der Waals surface area contributed by atoms with Crippen LogP contribution in [0.15, 0.2) is 36.1 Å². The minimum atomic E-state index is 0.530. The summed E-state index contributed by atoms with van der Waals surface area (Å²) in [7, 11) is 0. The number of rotatable bonds is 3. The van der Waals surface area contributed by atoms with Gasteiger partial charge in [0, 0.05) is 11.7 Å². The molecule has 1 rings (SSSR count). The third kappa shape index (κ3) is 5.49. The molecule has 1 nitrogen and oxygen atoms in total. The molecular formula is C15H29NS. The van der Waals surface area contributed by atoms with Crippen LogP contribution < -0.4 is 0 Å². The van der Waals surface area contributed by atoms with Crippen LogP contribution in [0, 0.1) is 0 Å². The zero-order valence-corrected chi connectivity index (χ0v) is 13.2. The summed E-state index contributed by atoms with van der Waals surface area (Å²) in [6.45, 7) is 16.0. The normalized spacial score (nSPS) is 18.5. The Morgan fingerprint density at radius 3 is 2.24 bits per heavy atom. The van der Waals surface area contributed by atoms with Gasteiger partial charge in [0.15, 0.2) is 0 Å². The van der Waals surface area contributed by atoms with Crippen LogP contribution >= 0.6 is 12.8 Å². The molecule has 0 radical (unpaired) electrons. The number of nitrogens with zero attached hydrogens (tertiary/aromatic N) is 1. The zero-order chi connectivity index (χ0) is 13.8. The highest BCUT2D eigenvalue weighted by molar-refractivity contribution is 7.77. The van der Waals surface area contributed by atoms with Crippen LogP contribution in [0.2, 0.25) is 0 Å². The van der Waals surface area contributed by atoms with Crippen LogP contribution in [0.25, 0.3) is 0 Å². The van der Waals surface area contributed by atoms with Gasteiger partial charge in [0.1, 0.15) is 0 Å². The predicted octanol–water partition coefficient (Wildman–Crippen LogP) is 5.38. The molecule has 1 unspecified atom stereocenters. The quantitative estimate of drug-likeness (QED) is 0.662. The van der Waals surface area contributed by atoms with Crippen molar-refractivity contribution >= 4 is 12.8 Å². The SMILES string of the molecule is C=CC1=C(/C=C\C)CC(CC)N1S.CC.CC. The van der Waals surface area contributed by atoms with Gasteiger partial charge in [0.05, 0.1) is 0 Å². The minimum absolute atomic E-state index is 0.530. The fourth-order valence-corrected chi connectivity index (χ4v) is 2.14. The molecule has 0 saturated heterocycles. The Hall–Kier alpha value is -0.630. The lowest BCUT2D eigenvalue weighted by Gasteiger charge is -2.20. The maximum atomic E-state index is 4.46. The number of hydrogen-bond donors (Lipinski definition) is 1. The van der Waals surface area contributed by atoms with Crippen molar-refractivity contribution in [3.63, 3.8) is 0 Å². The van der Waals surface area contributed by atoms with E-state index in [1.807, 2.05) is 45.0 Å². The highest BCUT2D eigenvalue weighted by Gasteiger charge is 2.25. The van der Waals surface area contributed by atoms with Crippen molar-refractivity contribution in [3.05, 3.63) is 36.1 Å². The Balaban J connectivity index is 0. The molecule has 0 N–H and O–H groups in total. The largest absolute Gasteiger partial charge is 0.315 e. The van der Waals surface area contributed by atoms with Crippen molar-refractivity contribution in [2.24, 2.45) is 0 Å². The summed E-state index contributed by atoms with van der Waals surface area (Å²) >= 11 is 4.46. The highest BCUT2D eigenvalue weighted by atomic mass is 32.1. The summed E-state index contributed by atoms with van der Waals surface area (Å²) in [5, 5.41) is 0. The molecule has 0 aromatic rings. The summed E-state index contributed by atoms with van der Waals surface area (Å²) in [5.41, 5.74) is 2.51. The Morgan fingerprint density at radius 2 is 1.88 bits per heavy atom. The molecule has 1 aliphatic rings. The van der Waals surface area contributed by atoms with Crippen LogP contribution in [-0.4, -0.2) is 10.3 Å². The van der Waals surface area contributed by atoms with E-state index in [9.17, 15) is 0 Å². The van der Waals surface area contributed by atoms with E-state index in [-0.39, 0.29) is 0 Å². The van der Waals surface area contributed by atoms with E-state index in [1.165, 1.54) is 5.57 Å². The molecule has 0 spiro atoms. The molecular weight excluding hydrogens is 226 g/mol. The Bertz CT molecular complexity index is 254. The van der Waals surface area contributed by atoms with Crippen LogP contribution in [0.4, 0.5) is 0 Å². The Labute approximate surface area is 114 Å². The lowest BCUT2D eigenvalue weighted by atomic mass is 10.1. The smallest absolute Gasteiger partial charge is 0.0497 e. The Kier molecular flexibility index (Phi) is 13.0. The Morgan fingerprint density at radius 1 is 1.35 bits per heavy atom. The van der Waals surface area contributed by atoms with Gasteiger partial charge in [-0.25, -0.2) is 0 Å². The molecule has 0 aromatic carbocycles. The average Bonchev–Trinajstić information content (AvgIpc) is 2.70. The van der Waals surface area contributed by atoms with Crippen molar-refractivity contribution in [3.8, 4) is 0 Å². The second kappa shape index (κ2) is 11.8. The van der Waals surface area contributed by atoms with Gasteiger partial charge in [-0.1, -0.05) is 66.2 Å². The third-order valence-electron chi connectivity index (χ3n) is 2.41. The molecule has 0 aliphatic carbocycles. The molecule has 0 fully saturated rings. The molecule has 1 atom stereocenters. The molecule has 17 heavy (non-hydrogen) atoms. The minimum Gasteiger partial charge on any atom is -0.315 e. The van der Waals surface area contributed by atoms with E-state index in [0.717, 1.165) is 18.5 Å². The van der Waals surface area contributed by atoms with Gasteiger partial charge in [-0.2, -0.15) is 0 Å². The van der Waals surface area contributed by atoms with Crippen molar-refractivity contribution in [1.82, 2.24) is 4.31 Å². The molecule has 1 heterocycles. The first-order chi connectivity index (χ1) is 8.24.